The zero-order valence-corrected chi connectivity index (χ0v) is 6.67. The summed E-state index contributed by atoms with van der Waals surface area (Å²) >= 11 is 0. The van der Waals surface area contributed by atoms with E-state index in [1.54, 1.807) is 0 Å². The summed E-state index contributed by atoms with van der Waals surface area (Å²) in [7, 11) is 4.04. The fourth-order valence-electron chi connectivity index (χ4n) is 1.33. The first-order chi connectivity index (χ1) is 4.70. The molecule has 0 bridgehead atoms. The zero-order valence-electron chi connectivity index (χ0n) is 6.67. The van der Waals surface area contributed by atoms with Crippen molar-refractivity contribution in [2.24, 2.45) is 0 Å². The summed E-state index contributed by atoms with van der Waals surface area (Å²) in [5.74, 6) is 0. The highest BCUT2D eigenvalue weighted by Gasteiger charge is 2.24. The number of hydrogen-bond donors (Lipinski definition) is 2. The fourth-order valence-corrected chi connectivity index (χ4v) is 1.33. The van der Waals surface area contributed by atoms with E-state index in [9.17, 15) is 5.11 Å². The molecule has 2 unspecified atom stereocenters. The lowest BCUT2D eigenvalue weighted by Gasteiger charge is -2.18. The van der Waals surface area contributed by atoms with Crippen LogP contribution in [-0.2, 0) is 0 Å². The molecule has 0 amide bonds. The predicted octanol–water partition coefficient (Wildman–Crippen LogP) is -0.729. The molecule has 1 saturated heterocycles. The molecule has 3 nitrogen and oxygen atoms in total. The topological polar surface area (TPSA) is 35.5 Å². The van der Waals surface area contributed by atoms with Crippen molar-refractivity contribution < 1.29 is 5.11 Å². The van der Waals surface area contributed by atoms with Crippen LogP contribution in [0.15, 0.2) is 0 Å². The molecule has 0 aromatic carbocycles. The van der Waals surface area contributed by atoms with Gasteiger partial charge in [-0.25, -0.2) is 0 Å². The van der Waals surface area contributed by atoms with E-state index in [-0.39, 0.29) is 12.1 Å². The number of nitrogens with one attached hydrogen (secondary N) is 1. The Hall–Kier alpha value is -0.120. The van der Waals surface area contributed by atoms with Gasteiger partial charge in [0.05, 0.1) is 6.10 Å². The molecule has 0 spiro atoms. The van der Waals surface area contributed by atoms with Crippen molar-refractivity contribution in [3.63, 3.8) is 0 Å². The summed E-state index contributed by atoms with van der Waals surface area (Å²) in [6.07, 6.45) is 0.765. The van der Waals surface area contributed by atoms with Gasteiger partial charge >= 0.3 is 0 Å². The van der Waals surface area contributed by atoms with Crippen LogP contribution in [0.25, 0.3) is 0 Å². The van der Waals surface area contributed by atoms with Crippen LogP contribution in [0.2, 0.25) is 0 Å². The van der Waals surface area contributed by atoms with Crippen molar-refractivity contribution in [1.29, 1.82) is 0 Å². The molecule has 1 fully saturated rings. The summed E-state index contributed by atoms with van der Waals surface area (Å²) in [5.41, 5.74) is 0. The number of hydrogen-bond acceptors (Lipinski definition) is 3. The van der Waals surface area contributed by atoms with E-state index < -0.39 is 0 Å². The minimum absolute atomic E-state index is 0.137. The Morgan fingerprint density at radius 1 is 1.60 bits per heavy atom. The Labute approximate surface area is 62.0 Å². The third-order valence-electron chi connectivity index (χ3n) is 1.87. The van der Waals surface area contributed by atoms with E-state index in [4.69, 9.17) is 0 Å². The van der Waals surface area contributed by atoms with Crippen molar-refractivity contribution in [1.82, 2.24) is 10.2 Å². The molecule has 60 valence electrons. The largest absolute Gasteiger partial charge is 0.391 e. The van der Waals surface area contributed by atoms with Gasteiger partial charge in [0, 0.05) is 12.6 Å². The summed E-state index contributed by atoms with van der Waals surface area (Å²) in [5, 5.41) is 12.6. The Kier molecular flexibility index (Phi) is 2.65. The van der Waals surface area contributed by atoms with Crippen LogP contribution >= 0.6 is 0 Å². The summed E-state index contributed by atoms with van der Waals surface area (Å²) < 4.78 is 0. The molecule has 1 aliphatic heterocycles. The van der Waals surface area contributed by atoms with E-state index in [2.05, 4.69) is 10.2 Å². The van der Waals surface area contributed by atoms with E-state index in [0.717, 1.165) is 19.5 Å². The maximum absolute atomic E-state index is 9.35. The Bertz CT molecular complexity index is 106. The van der Waals surface area contributed by atoms with Gasteiger partial charge in [-0.15, -0.1) is 0 Å². The fraction of sp³-hybridized carbons (Fsp3) is 1.00. The summed E-state index contributed by atoms with van der Waals surface area (Å²) in [6.45, 7) is 1.89. The molecular formula is C7H16N2O. The first-order valence-corrected chi connectivity index (χ1v) is 3.76. The molecule has 0 radical (unpaired) electrons. The average Bonchev–Trinajstić information content (AvgIpc) is 2.15. The first kappa shape index (κ1) is 7.98. The molecule has 3 heteroatoms. The van der Waals surface area contributed by atoms with Crippen LogP contribution in [0.3, 0.4) is 0 Å². The van der Waals surface area contributed by atoms with Crippen LogP contribution in [0.4, 0.5) is 0 Å². The van der Waals surface area contributed by atoms with Crippen LogP contribution in [0.5, 0.6) is 0 Å². The van der Waals surface area contributed by atoms with E-state index in [1.807, 2.05) is 14.1 Å². The molecule has 1 rings (SSSR count). The molecular weight excluding hydrogens is 128 g/mol. The van der Waals surface area contributed by atoms with Crippen LogP contribution < -0.4 is 5.32 Å². The van der Waals surface area contributed by atoms with E-state index in [0.29, 0.717) is 0 Å². The maximum Gasteiger partial charge on any atom is 0.0717 e. The Balaban J connectivity index is 2.26. The second kappa shape index (κ2) is 3.32. The van der Waals surface area contributed by atoms with Gasteiger partial charge in [0.1, 0.15) is 0 Å². The predicted molar refractivity (Wildman–Crippen MR) is 41.0 cm³/mol. The highest BCUT2D eigenvalue weighted by atomic mass is 16.3. The quantitative estimate of drug-likeness (QED) is 0.536. The SMILES string of the molecule is CN(C)CC1NCCC1O. The van der Waals surface area contributed by atoms with Gasteiger partial charge in [-0.2, -0.15) is 0 Å². The smallest absolute Gasteiger partial charge is 0.0717 e. The molecule has 0 aromatic rings. The number of nitrogens with zero attached hydrogens (tertiary/aromatic N) is 1. The van der Waals surface area contributed by atoms with Gasteiger partial charge in [0.25, 0.3) is 0 Å². The number of aliphatic hydroxyl groups excluding tert-OH is 1. The van der Waals surface area contributed by atoms with Gasteiger partial charge in [-0.3, -0.25) is 0 Å². The van der Waals surface area contributed by atoms with E-state index in [1.165, 1.54) is 0 Å². The Morgan fingerprint density at radius 3 is 2.70 bits per heavy atom. The second-order valence-electron chi connectivity index (χ2n) is 3.18. The van der Waals surface area contributed by atoms with Gasteiger partial charge in [-0.1, -0.05) is 0 Å². The van der Waals surface area contributed by atoms with Gasteiger partial charge < -0.3 is 15.3 Å². The lowest BCUT2D eigenvalue weighted by Crippen LogP contribution is -2.39. The van der Waals surface area contributed by atoms with Crippen molar-refractivity contribution >= 4 is 0 Å². The highest BCUT2D eigenvalue weighted by Crippen LogP contribution is 2.06. The minimum atomic E-state index is -0.137. The van der Waals surface area contributed by atoms with Gasteiger partial charge in [-0.05, 0) is 27.1 Å². The monoisotopic (exact) mass is 144 g/mol. The summed E-state index contributed by atoms with van der Waals surface area (Å²) in [6, 6.07) is 0.287. The molecule has 2 atom stereocenters. The van der Waals surface area contributed by atoms with Crippen molar-refractivity contribution in [2.75, 3.05) is 27.2 Å². The number of aliphatic hydroxyl groups is 1. The van der Waals surface area contributed by atoms with Crippen LogP contribution in [0, 0.1) is 0 Å². The molecule has 0 aliphatic carbocycles. The molecule has 1 heterocycles. The number of likely N-dealkylation sites (N-methyl/N-ethyl adjacent to an activating group) is 1. The van der Waals surface area contributed by atoms with Crippen molar-refractivity contribution in [3.05, 3.63) is 0 Å². The van der Waals surface area contributed by atoms with Crippen molar-refractivity contribution in [2.45, 2.75) is 18.6 Å². The van der Waals surface area contributed by atoms with Gasteiger partial charge in [0.2, 0.25) is 0 Å². The second-order valence-corrected chi connectivity index (χ2v) is 3.18. The molecule has 2 N–H and O–H groups in total. The molecule has 0 aromatic heterocycles. The molecule has 0 saturated carbocycles. The Morgan fingerprint density at radius 2 is 2.30 bits per heavy atom. The lowest BCUT2D eigenvalue weighted by atomic mass is 10.2. The average molecular weight is 144 g/mol. The third-order valence-corrected chi connectivity index (χ3v) is 1.87. The number of rotatable bonds is 2. The van der Waals surface area contributed by atoms with Crippen molar-refractivity contribution in [3.8, 4) is 0 Å². The maximum atomic E-state index is 9.35. The van der Waals surface area contributed by atoms with Crippen LogP contribution in [0.1, 0.15) is 6.42 Å². The molecule has 1 aliphatic rings. The molecule has 10 heavy (non-hydrogen) atoms. The minimum Gasteiger partial charge on any atom is -0.391 e. The normalized spacial score (nSPS) is 33.6. The zero-order chi connectivity index (χ0) is 7.56. The highest BCUT2D eigenvalue weighted by molar-refractivity contribution is 4.84. The first-order valence-electron chi connectivity index (χ1n) is 3.76. The standard InChI is InChI=1S/C7H16N2O/c1-9(2)5-6-7(10)3-4-8-6/h6-8,10H,3-5H2,1-2H3. The third kappa shape index (κ3) is 1.94. The van der Waals surface area contributed by atoms with Crippen LogP contribution in [-0.4, -0.2) is 49.3 Å². The summed E-state index contributed by atoms with van der Waals surface area (Å²) in [4.78, 5) is 2.09. The van der Waals surface area contributed by atoms with Gasteiger partial charge in [0.15, 0.2) is 0 Å². The van der Waals surface area contributed by atoms with E-state index >= 15 is 0 Å². The lowest BCUT2D eigenvalue weighted by molar-refractivity contribution is 0.143.